The number of carbonyl (C=O) groups is 1. The average Bonchev–Trinajstić information content (AvgIpc) is 2.86. The highest BCUT2D eigenvalue weighted by molar-refractivity contribution is 7.99. The number of hydrogen-bond donors (Lipinski definition) is 0. The molecule has 0 aliphatic carbocycles. The molecule has 1 aromatic heterocycles. The number of fused-ring (bicyclic) bond motifs is 1. The number of imidazole rings is 1. The standard InChI is InChI=1S/C13H9ClN2OS/c14-10-1-2-12-11(5-10)13(17)9(7-18-12)6-16-4-3-15-8-16/h1-6,8H,7H2/b9-6+. The van der Waals surface area contributed by atoms with Gasteiger partial charge in [0.05, 0.1) is 6.33 Å². The molecule has 0 saturated carbocycles. The van der Waals surface area contributed by atoms with Gasteiger partial charge in [0.2, 0.25) is 0 Å². The first-order valence-electron chi connectivity index (χ1n) is 5.39. The molecule has 2 aromatic rings. The number of halogens is 1. The van der Waals surface area contributed by atoms with Crippen molar-refractivity contribution in [2.45, 2.75) is 4.90 Å². The summed E-state index contributed by atoms with van der Waals surface area (Å²) in [5.41, 5.74) is 1.44. The molecule has 0 radical (unpaired) electrons. The third-order valence-corrected chi connectivity index (χ3v) is 4.05. The van der Waals surface area contributed by atoms with E-state index in [1.165, 1.54) is 0 Å². The first-order valence-corrected chi connectivity index (χ1v) is 6.75. The summed E-state index contributed by atoms with van der Waals surface area (Å²) in [5.74, 6) is 0.714. The molecule has 5 heteroatoms. The quantitative estimate of drug-likeness (QED) is 0.749. The third-order valence-electron chi connectivity index (χ3n) is 2.69. The van der Waals surface area contributed by atoms with Gasteiger partial charge in [-0.15, -0.1) is 11.8 Å². The van der Waals surface area contributed by atoms with Crippen LogP contribution >= 0.6 is 23.4 Å². The monoisotopic (exact) mass is 276 g/mol. The summed E-state index contributed by atoms with van der Waals surface area (Å²) >= 11 is 7.59. The highest BCUT2D eigenvalue weighted by Crippen LogP contribution is 2.34. The van der Waals surface area contributed by atoms with Crippen molar-refractivity contribution >= 4 is 35.3 Å². The number of rotatable bonds is 1. The van der Waals surface area contributed by atoms with Gasteiger partial charge in [-0.1, -0.05) is 11.6 Å². The summed E-state index contributed by atoms with van der Waals surface area (Å²) < 4.78 is 1.78. The SMILES string of the molecule is O=C1/C(=C/n2ccnc2)CSc2ccc(Cl)cc21. The van der Waals surface area contributed by atoms with E-state index in [4.69, 9.17) is 11.6 Å². The molecule has 0 unspecified atom stereocenters. The summed E-state index contributed by atoms with van der Waals surface area (Å²) in [5, 5.41) is 0.589. The normalized spacial score (nSPS) is 16.9. The minimum Gasteiger partial charge on any atom is -0.313 e. The lowest BCUT2D eigenvalue weighted by Crippen LogP contribution is -2.13. The summed E-state index contributed by atoms with van der Waals surface area (Å²) in [6.45, 7) is 0. The Morgan fingerprint density at radius 1 is 1.44 bits per heavy atom. The maximum Gasteiger partial charge on any atom is 0.192 e. The average molecular weight is 277 g/mol. The van der Waals surface area contributed by atoms with E-state index in [0.29, 0.717) is 16.3 Å². The third kappa shape index (κ3) is 2.09. The number of nitrogens with zero attached hydrogens (tertiary/aromatic N) is 2. The Bertz CT molecular complexity index is 634. The number of aromatic nitrogens is 2. The molecule has 0 saturated heterocycles. The van der Waals surface area contributed by atoms with Crippen LogP contribution in [0, 0.1) is 0 Å². The predicted molar refractivity (Wildman–Crippen MR) is 73.0 cm³/mol. The van der Waals surface area contributed by atoms with Crippen LogP contribution < -0.4 is 0 Å². The molecule has 0 spiro atoms. The molecule has 1 aromatic carbocycles. The van der Waals surface area contributed by atoms with Gasteiger partial charge >= 0.3 is 0 Å². The van der Waals surface area contributed by atoms with Crippen molar-refractivity contribution in [2.75, 3.05) is 5.75 Å². The van der Waals surface area contributed by atoms with Gasteiger partial charge in [0.15, 0.2) is 5.78 Å². The molecule has 0 fully saturated rings. The molecule has 2 heterocycles. The van der Waals surface area contributed by atoms with Gasteiger partial charge in [0, 0.05) is 45.4 Å². The summed E-state index contributed by atoms with van der Waals surface area (Å²) in [7, 11) is 0. The number of benzene rings is 1. The lowest BCUT2D eigenvalue weighted by molar-refractivity contribution is 0.103. The van der Waals surface area contributed by atoms with Crippen LogP contribution in [-0.4, -0.2) is 21.1 Å². The van der Waals surface area contributed by atoms with E-state index in [-0.39, 0.29) is 5.78 Å². The van der Waals surface area contributed by atoms with Crippen LogP contribution in [0.25, 0.3) is 6.20 Å². The second-order valence-corrected chi connectivity index (χ2v) is 5.38. The Morgan fingerprint density at radius 3 is 3.11 bits per heavy atom. The maximum atomic E-state index is 12.3. The van der Waals surface area contributed by atoms with Gasteiger partial charge in [-0.05, 0) is 18.2 Å². The highest BCUT2D eigenvalue weighted by Gasteiger charge is 2.22. The minimum atomic E-state index is 0.0416. The van der Waals surface area contributed by atoms with E-state index in [1.807, 2.05) is 18.3 Å². The summed E-state index contributed by atoms with van der Waals surface area (Å²) in [6, 6.07) is 5.44. The molecule has 90 valence electrons. The Kier molecular flexibility index (Phi) is 2.97. The minimum absolute atomic E-state index is 0.0416. The van der Waals surface area contributed by atoms with Gasteiger partial charge in [-0.3, -0.25) is 4.79 Å². The molecule has 1 aliphatic rings. The molecule has 0 N–H and O–H groups in total. The van der Waals surface area contributed by atoms with E-state index in [0.717, 1.165) is 10.5 Å². The second kappa shape index (κ2) is 4.63. The largest absolute Gasteiger partial charge is 0.313 e. The molecular weight excluding hydrogens is 268 g/mol. The van der Waals surface area contributed by atoms with E-state index < -0.39 is 0 Å². The van der Waals surface area contributed by atoms with Crippen LogP contribution in [-0.2, 0) is 0 Å². The van der Waals surface area contributed by atoms with Crippen LogP contribution in [0.1, 0.15) is 10.4 Å². The topological polar surface area (TPSA) is 34.9 Å². The Labute approximate surface area is 113 Å². The number of hydrogen-bond acceptors (Lipinski definition) is 3. The molecule has 0 amide bonds. The van der Waals surface area contributed by atoms with Crippen molar-refractivity contribution in [1.29, 1.82) is 0 Å². The van der Waals surface area contributed by atoms with Gasteiger partial charge in [-0.25, -0.2) is 4.98 Å². The first-order chi connectivity index (χ1) is 8.74. The lowest BCUT2D eigenvalue weighted by atomic mass is 10.0. The molecule has 18 heavy (non-hydrogen) atoms. The van der Waals surface area contributed by atoms with Crippen LogP contribution in [0.5, 0.6) is 0 Å². The van der Waals surface area contributed by atoms with Gasteiger partial charge in [0.25, 0.3) is 0 Å². The molecule has 3 nitrogen and oxygen atoms in total. The maximum absolute atomic E-state index is 12.3. The first kappa shape index (κ1) is 11.6. The van der Waals surface area contributed by atoms with Gasteiger partial charge in [-0.2, -0.15) is 0 Å². The van der Waals surface area contributed by atoms with Gasteiger partial charge < -0.3 is 4.57 Å². The fourth-order valence-corrected chi connectivity index (χ4v) is 2.98. The predicted octanol–water partition coefficient (Wildman–Crippen LogP) is 3.37. The van der Waals surface area contributed by atoms with E-state index in [9.17, 15) is 4.79 Å². The number of carbonyl (C=O) groups excluding carboxylic acids is 1. The van der Waals surface area contributed by atoms with Crippen LogP contribution in [0.3, 0.4) is 0 Å². The van der Waals surface area contributed by atoms with Crippen molar-refractivity contribution < 1.29 is 4.79 Å². The number of ketones is 1. The Hall–Kier alpha value is -1.52. The summed E-state index contributed by atoms with van der Waals surface area (Å²) in [6.07, 6.45) is 6.96. The summed E-state index contributed by atoms with van der Waals surface area (Å²) in [4.78, 5) is 17.3. The zero-order chi connectivity index (χ0) is 12.5. The molecular formula is C13H9ClN2OS. The Balaban J connectivity index is 2.01. The highest BCUT2D eigenvalue weighted by atomic mass is 35.5. The van der Waals surface area contributed by atoms with Crippen molar-refractivity contribution in [1.82, 2.24) is 9.55 Å². The van der Waals surface area contributed by atoms with Crippen molar-refractivity contribution in [3.05, 3.63) is 53.1 Å². The zero-order valence-electron chi connectivity index (χ0n) is 9.34. The lowest BCUT2D eigenvalue weighted by Gasteiger charge is -2.17. The van der Waals surface area contributed by atoms with Crippen LogP contribution in [0.4, 0.5) is 0 Å². The molecule has 0 atom stereocenters. The van der Waals surface area contributed by atoms with Crippen molar-refractivity contribution in [2.24, 2.45) is 0 Å². The van der Waals surface area contributed by atoms with Crippen LogP contribution in [0.2, 0.25) is 5.02 Å². The van der Waals surface area contributed by atoms with E-state index in [2.05, 4.69) is 4.98 Å². The smallest absolute Gasteiger partial charge is 0.192 e. The fourth-order valence-electron chi connectivity index (χ4n) is 1.82. The fraction of sp³-hybridized carbons (Fsp3) is 0.0769. The van der Waals surface area contributed by atoms with Crippen molar-refractivity contribution in [3.8, 4) is 0 Å². The van der Waals surface area contributed by atoms with E-state index >= 15 is 0 Å². The van der Waals surface area contributed by atoms with E-state index in [1.54, 1.807) is 41.1 Å². The molecule has 0 bridgehead atoms. The molecule has 3 rings (SSSR count). The molecule has 1 aliphatic heterocycles. The van der Waals surface area contributed by atoms with Crippen LogP contribution in [0.15, 0.2) is 47.4 Å². The van der Waals surface area contributed by atoms with Gasteiger partial charge in [0.1, 0.15) is 0 Å². The Morgan fingerprint density at radius 2 is 2.33 bits per heavy atom. The number of Topliss-reactive ketones (excluding diaryl/α,β-unsaturated/α-hetero) is 1. The second-order valence-electron chi connectivity index (χ2n) is 3.92. The zero-order valence-corrected chi connectivity index (χ0v) is 10.9. The van der Waals surface area contributed by atoms with Crippen molar-refractivity contribution in [3.63, 3.8) is 0 Å². The number of thioether (sulfide) groups is 1.